The molecule has 4 nitrogen and oxygen atoms in total. The van der Waals surface area contributed by atoms with Crippen LogP contribution in [0.2, 0.25) is 0 Å². The standard InChI is InChI=1S/C9H7BrF2O4S/c1-16-8(13)5-2-6(10)4-7(3-5)17(14,15)9(11)12/h2-4,9H,1H3. The van der Waals surface area contributed by atoms with Crippen LogP contribution in [0.3, 0.4) is 0 Å². The number of benzene rings is 1. The quantitative estimate of drug-likeness (QED) is 0.798. The van der Waals surface area contributed by atoms with Crippen molar-refractivity contribution in [3.63, 3.8) is 0 Å². The Hall–Kier alpha value is -1.02. The van der Waals surface area contributed by atoms with E-state index in [-0.39, 0.29) is 10.0 Å². The minimum absolute atomic E-state index is 0.124. The van der Waals surface area contributed by atoms with Crippen LogP contribution < -0.4 is 0 Å². The number of ether oxygens (including phenoxy) is 1. The predicted molar refractivity (Wildman–Crippen MR) is 58.7 cm³/mol. The largest absolute Gasteiger partial charge is 0.465 e. The molecule has 0 aliphatic heterocycles. The van der Waals surface area contributed by atoms with Crippen LogP contribution >= 0.6 is 15.9 Å². The summed E-state index contributed by atoms with van der Waals surface area (Å²) in [6, 6.07) is 3.11. The molecule has 17 heavy (non-hydrogen) atoms. The molecule has 0 unspecified atom stereocenters. The first-order chi connectivity index (χ1) is 7.78. The predicted octanol–water partition coefficient (Wildman–Crippen LogP) is 2.23. The second-order valence-corrected chi connectivity index (χ2v) is 5.81. The highest BCUT2D eigenvalue weighted by molar-refractivity contribution is 9.10. The third kappa shape index (κ3) is 3.01. The van der Waals surface area contributed by atoms with Gasteiger partial charge in [-0.05, 0) is 18.2 Å². The number of halogens is 3. The zero-order chi connectivity index (χ0) is 13.2. The summed E-state index contributed by atoms with van der Waals surface area (Å²) in [7, 11) is -3.63. The van der Waals surface area contributed by atoms with E-state index in [2.05, 4.69) is 20.7 Å². The monoisotopic (exact) mass is 328 g/mol. The molecule has 8 heteroatoms. The zero-order valence-electron chi connectivity index (χ0n) is 8.48. The molecule has 0 aromatic heterocycles. The van der Waals surface area contributed by atoms with Gasteiger partial charge >= 0.3 is 11.7 Å². The van der Waals surface area contributed by atoms with Crippen molar-refractivity contribution in [1.29, 1.82) is 0 Å². The zero-order valence-corrected chi connectivity index (χ0v) is 10.9. The first-order valence-corrected chi connectivity index (χ1v) is 6.54. The van der Waals surface area contributed by atoms with E-state index in [0.717, 1.165) is 19.2 Å². The Kier molecular flexibility index (Phi) is 4.21. The first-order valence-electron chi connectivity index (χ1n) is 4.20. The van der Waals surface area contributed by atoms with Crippen molar-refractivity contribution < 1.29 is 26.7 Å². The molecule has 0 saturated carbocycles. The van der Waals surface area contributed by atoms with Gasteiger partial charge in [-0.1, -0.05) is 15.9 Å². The highest BCUT2D eigenvalue weighted by atomic mass is 79.9. The molecule has 1 rings (SSSR count). The number of carbonyl (C=O) groups excluding carboxylic acids is 1. The van der Waals surface area contributed by atoms with Gasteiger partial charge in [0.1, 0.15) is 0 Å². The number of alkyl halides is 2. The topological polar surface area (TPSA) is 60.4 Å². The molecule has 0 radical (unpaired) electrons. The SMILES string of the molecule is COC(=O)c1cc(Br)cc(S(=O)(=O)C(F)F)c1. The molecule has 0 atom stereocenters. The van der Waals surface area contributed by atoms with Gasteiger partial charge in [0.15, 0.2) is 0 Å². The van der Waals surface area contributed by atoms with Crippen molar-refractivity contribution in [3.05, 3.63) is 28.2 Å². The molecule has 0 aliphatic carbocycles. The lowest BCUT2D eigenvalue weighted by Crippen LogP contribution is -2.12. The Morgan fingerprint density at radius 3 is 2.41 bits per heavy atom. The molecule has 0 heterocycles. The number of methoxy groups -OCH3 is 1. The maximum atomic E-state index is 12.3. The average molecular weight is 329 g/mol. The van der Waals surface area contributed by atoms with Gasteiger partial charge in [-0.25, -0.2) is 13.2 Å². The molecular formula is C9H7BrF2O4S. The van der Waals surface area contributed by atoms with E-state index in [1.54, 1.807) is 0 Å². The fourth-order valence-corrected chi connectivity index (χ4v) is 2.50. The van der Waals surface area contributed by atoms with E-state index in [9.17, 15) is 22.0 Å². The van der Waals surface area contributed by atoms with E-state index in [0.29, 0.717) is 0 Å². The molecule has 0 spiro atoms. The lowest BCUT2D eigenvalue weighted by atomic mass is 10.2. The summed E-state index contributed by atoms with van der Waals surface area (Å²) in [4.78, 5) is 10.6. The Labute approximate surface area is 105 Å². The molecule has 0 aliphatic rings. The van der Waals surface area contributed by atoms with Gasteiger partial charge < -0.3 is 4.74 Å². The van der Waals surface area contributed by atoms with Crippen LogP contribution in [0.5, 0.6) is 0 Å². The van der Waals surface area contributed by atoms with E-state index < -0.39 is 26.5 Å². The maximum absolute atomic E-state index is 12.3. The fourth-order valence-electron chi connectivity index (χ4n) is 1.07. The van der Waals surface area contributed by atoms with Crippen molar-refractivity contribution in [1.82, 2.24) is 0 Å². The van der Waals surface area contributed by atoms with Crippen molar-refractivity contribution in [3.8, 4) is 0 Å². The van der Waals surface area contributed by atoms with Crippen molar-refractivity contribution >= 4 is 31.7 Å². The molecule has 0 N–H and O–H groups in total. The molecule has 0 saturated heterocycles. The molecule has 0 bridgehead atoms. The maximum Gasteiger partial charge on any atom is 0.341 e. The molecule has 0 fully saturated rings. The van der Waals surface area contributed by atoms with Crippen molar-refractivity contribution in [2.24, 2.45) is 0 Å². The van der Waals surface area contributed by atoms with Crippen LogP contribution in [0.1, 0.15) is 10.4 Å². The lowest BCUT2D eigenvalue weighted by molar-refractivity contribution is 0.0600. The van der Waals surface area contributed by atoms with Crippen molar-refractivity contribution in [2.75, 3.05) is 7.11 Å². The fraction of sp³-hybridized carbons (Fsp3) is 0.222. The third-order valence-electron chi connectivity index (χ3n) is 1.86. The second kappa shape index (κ2) is 5.09. The van der Waals surface area contributed by atoms with Crippen LogP contribution in [0.4, 0.5) is 8.78 Å². The summed E-state index contributed by atoms with van der Waals surface area (Å²) < 4.78 is 51.7. The molecule has 1 aromatic rings. The summed E-state index contributed by atoms with van der Waals surface area (Å²) in [6.45, 7) is 0. The van der Waals surface area contributed by atoms with Gasteiger partial charge in [0.25, 0.3) is 0 Å². The highest BCUT2D eigenvalue weighted by Crippen LogP contribution is 2.24. The van der Waals surface area contributed by atoms with Crippen LogP contribution in [-0.2, 0) is 14.6 Å². The summed E-state index contributed by atoms with van der Waals surface area (Å²) in [6.07, 6.45) is 0. The normalized spacial score (nSPS) is 11.6. The van der Waals surface area contributed by atoms with Gasteiger partial charge in [0, 0.05) is 4.47 Å². The van der Waals surface area contributed by atoms with E-state index >= 15 is 0 Å². The van der Waals surface area contributed by atoms with E-state index in [1.807, 2.05) is 0 Å². The van der Waals surface area contributed by atoms with Gasteiger partial charge in [-0.3, -0.25) is 0 Å². The Bertz CT molecular complexity index is 542. The minimum Gasteiger partial charge on any atom is -0.465 e. The number of rotatable bonds is 3. The Morgan fingerprint density at radius 1 is 1.35 bits per heavy atom. The number of hydrogen-bond acceptors (Lipinski definition) is 4. The Morgan fingerprint density at radius 2 is 1.94 bits per heavy atom. The minimum atomic E-state index is -4.73. The van der Waals surface area contributed by atoms with E-state index in [1.165, 1.54) is 6.07 Å². The molecule has 94 valence electrons. The van der Waals surface area contributed by atoms with E-state index in [4.69, 9.17) is 0 Å². The van der Waals surface area contributed by atoms with Crippen LogP contribution in [0.15, 0.2) is 27.6 Å². The second-order valence-electron chi connectivity index (χ2n) is 2.97. The van der Waals surface area contributed by atoms with Crippen LogP contribution in [-0.4, -0.2) is 27.3 Å². The molecule has 0 amide bonds. The summed E-state index contributed by atoms with van der Waals surface area (Å²) in [5, 5.41) is 0. The molecule has 1 aromatic carbocycles. The smallest absolute Gasteiger partial charge is 0.341 e. The average Bonchev–Trinajstić information content (AvgIpc) is 2.26. The first kappa shape index (κ1) is 14.0. The van der Waals surface area contributed by atoms with Gasteiger partial charge in [-0.2, -0.15) is 8.78 Å². The number of carbonyl (C=O) groups is 1. The number of hydrogen-bond donors (Lipinski definition) is 0. The van der Waals surface area contributed by atoms with Gasteiger partial charge in [-0.15, -0.1) is 0 Å². The summed E-state index contributed by atoms with van der Waals surface area (Å²) in [5.41, 5.74) is -0.124. The third-order valence-corrected chi connectivity index (χ3v) is 3.68. The van der Waals surface area contributed by atoms with Crippen LogP contribution in [0, 0.1) is 0 Å². The van der Waals surface area contributed by atoms with Crippen LogP contribution in [0.25, 0.3) is 0 Å². The molecular weight excluding hydrogens is 322 g/mol. The summed E-state index contributed by atoms with van der Waals surface area (Å²) >= 11 is 2.93. The van der Waals surface area contributed by atoms with Gasteiger partial charge in [0.2, 0.25) is 9.84 Å². The number of sulfone groups is 1. The van der Waals surface area contributed by atoms with Crippen molar-refractivity contribution in [2.45, 2.75) is 10.7 Å². The van der Waals surface area contributed by atoms with Gasteiger partial charge in [0.05, 0.1) is 17.6 Å². The summed E-state index contributed by atoms with van der Waals surface area (Å²) in [5.74, 6) is -4.35. The lowest BCUT2D eigenvalue weighted by Gasteiger charge is -2.06. The Balaban J connectivity index is 3.38. The number of esters is 1. The highest BCUT2D eigenvalue weighted by Gasteiger charge is 2.27.